The van der Waals surface area contributed by atoms with E-state index in [1.54, 1.807) is 12.1 Å². The standard InChI is InChI=1S/C18H19N5O/c1-23(2)11-13-6-8-16(9-7-13)21-18(24)15-5-3-4-14(10-15)17-19-12-20-22-17/h3-10,12H,11H2,1-2H3,(H,21,24)(H,19,20,22). The number of benzene rings is 2. The number of nitrogens with zero attached hydrogens (tertiary/aromatic N) is 3. The van der Waals surface area contributed by atoms with Gasteiger partial charge in [0.25, 0.3) is 5.91 Å². The van der Waals surface area contributed by atoms with E-state index in [0.717, 1.165) is 17.8 Å². The van der Waals surface area contributed by atoms with Crippen LogP contribution in [0, 0.1) is 0 Å². The molecule has 0 unspecified atom stereocenters. The van der Waals surface area contributed by atoms with E-state index in [1.165, 1.54) is 11.9 Å². The van der Waals surface area contributed by atoms with Crippen LogP contribution in [0.1, 0.15) is 15.9 Å². The fourth-order valence-electron chi connectivity index (χ4n) is 2.41. The Balaban J connectivity index is 1.72. The summed E-state index contributed by atoms with van der Waals surface area (Å²) in [5.74, 6) is 0.481. The van der Waals surface area contributed by atoms with E-state index in [2.05, 4.69) is 25.4 Å². The number of rotatable bonds is 5. The van der Waals surface area contributed by atoms with Crippen LogP contribution in [0.2, 0.25) is 0 Å². The van der Waals surface area contributed by atoms with E-state index in [-0.39, 0.29) is 5.91 Å². The van der Waals surface area contributed by atoms with Crippen molar-refractivity contribution >= 4 is 11.6 Å². The van der Waals surface area contributed by atoms with Gasteiger partial charge in [-0.1, -0.05) is 24.3 Å². The third-order valence-electron chi connectivity index (χ3n) is 3.52. The highest BCUT2D eigenvalue weighted by Gasteiger charge is 2.09. The molecule has 3 rings (SSSR count). The quantitative estimate of drug-likeness (QED) is 0.758. The Hall–Kier alpha value is -2.99. The molecule has 24 heavy (non-hydrogen) atoms. The molecule has 0 atom stereocenters. The third kappa shape index (κ3) is 3.85. The number of aromatic nitrogens is 3. The number of anilines is 1. The topological polar surface area (TPSA) is 73.9 Å². The highest BCUT2D eigenvalue weighted by Crippen LogP contribution is 2.17. The summed E-state index contributed by atoms with van der Waals surface area (Å²) in [5.41, 5.74) is 3.36. The molecule has 1 heterocycles. The van der Waals surface area contributed by atoms with Crippen LogP contribution in [0.5, 0.6) is 0 Å². The molecule has 0 bridgehead atoms. The van der Waals surface area contributed by atoms with Crippen molar-refractivity contribution in [3.8, 4) is 11.4 Å². The Morgan fingerprint density at radius 2 is 1.96 bits per heavy atom. The zero-order chi connectivity index (χ0) is 16.9. The Morgan fingerprint density at radius 3 is 2.62 bits per heavy atom. The Morgan fingerprint density at radius 1 is 1.17 bits per heavy atom. The molecule has 0 saturated heterocycles. The molecule has 0 aliphatic carbocycles. The zero-order valence-electron chi connectivity index (χ0n) is 13.7. The summed E-state index contributed by atoms with van der Waals surface area (Å²) in [6.45, 7) is 0.869. The first-order chi connectivity index (χ1) is 11.6. The molecule has 0 fully saturated rings. The van der Waals surface area contributed by atoms with Crippen molar-refractivity contribution in [2.45, 2.75) is 6.54 Å². The maximum absolute atomic E-state index is 12.4. The fourth-order valence-corrected chi connectivity index (χ4v) is 2.41. The average Bonchev–Trinajstić information content (AvgIpc) is 3.11. The second-order valence-electron chi connectivity index (χ2n) is 5.80. The average molecular weight is 321 g/mol. The minimum Gasteiger partial charge on any atom is -0.322 e. The van der Waals surface area contributed by atoms with Gasteiger partial charge in [0.15, 0.2) is 5.82 Å². The van der Waals surface area contributed by atoms with Crippen molar-refractivity contribution in [3.05, 3.63) is 66.0 Å². The van der Waals surface area contributed by atoms with Gasteiger partial charge in [-0.25, -0.2) is 4.98 Å². The summed E-state index contributed by atoms with van der Waals surface area (Å²) in [5, 5.41) is 9.54. The lowest BCUT2D eigenvalue weighted by atomic mass is 10.1. The van der Waals surface area contributed by atoms with Crippen molar-refractivity contribution in [2.75, 3.05) is 19.4 Å². The number of H-pyrrole nitrogens is 1. The van der Waals surface area contributed by atoms with E-state index in [9.17, 15) is 4.79 Å². The largest absolute Gasteiger partial charge is 0.322 e. The van der Waals surface area contributed by atoms with E-state index >= 15 is 0 Å². The number of carbonyl (C=O) groups is 1. The molecule has 1 amide bonds. The van der Waals surface area contributed by atoms with E-state index in [1.807, 2.05) is 50.5 Å². The molecule has 0 aliphatic heterocycles. The van der Waals surface area contributed by atoms with Gasteiger partial charge < -0.3 is 10.2 Å². The third-order valence-corrected chi connectivity index (χ3v) is 3.52. The smallest absolute Gasteiger partial charge is 0.255 e. The molecule has 6 heteroatoms. The molecular formula is C18H19N5O. The Labute approximate surface area is 140 Å². The summed E-state index contributed by atoms with van der Waals surface area (Å²) in [4.78, 5) is 18.6. The second kappa shape index (κ2) is 7.06. The molecule has 3 aromatic rings. The number of amides is 1. The van der Waals surface area contributed by atoms with Crippen LogP contribution in [0.15, 0.2) is 54.9 Å². The monoisotopic (exact) mass is 321 g/mol. The van der Waals surface area contributed by atoms with Gasteiger partial charge in [0, 0.05) is 23.4 Å². The maximum atomic E-state index is 12.4. The van der Waals surface area contributed by atoms with Crippen molar-refractivity contribution < 1.29 is 4.79 Å². The molecule has 0 radical (unpaired) electrons. The van der Waals surface area contributed by atoms with Crippen LogP contribution >= 0.6 is 0 Å². The van der Waals surface area contributed by atoms with Gasteiger partial charge in [-0.15, -0.1) is 0 Å². The summed E-state index contributed by atoms with van der Waals surface area (Å²) in [6.07, 6.45) is 1.44. The number of aromatic amines is 1. The van der Waals surface area contributed by atoms with Gasteiger partial charge in [0.1, 0.15) is 6.33 Å². The first-order valence-corrected chi connectivity index (χ1v) is 7.62. The first-order valence-electron chi connectivity index (χ1n) is 7.62. The predicted octanol–water partition coefficient (Wildman–Crippen LogP) is 2.79. The second-order valence-corrected chi connectivity index (χ2v) is 5.80. The molecule has 1 aromatic heterocycles. The van der Waals surface area contributed by atoms with Crippen molar-refractivity contribution in [1.29, 1.82) is 0 Å². The first kappa shape index (κ1) is 15.9. The van der Waals surface area contributed by atoms with E-state index in [4.69, 9.17) is 0 Å². The van der Waals surface area contributed by atoms with Crippen molar-refractivity contribution in [1.82, 2.24) is 20.1 Å². The van der Waals surface area contributed by atoms with Gasteiger partial charge in [0.2, 0.25) is 0 Å². The molecule has 0 aliphatic rings. The normalized spacial score (nSPS) is 10.8. The van der Waals surface area contributed by atoms with Crippen LogP contribution in [-0.4, -0.2) is 40.1 Å². The molecular weight excluding hydrogens is 302 g/mol. The highest BCUT2D eigenvalue weighted by molar-refractivity contribution is 6.04. The number of carbonyl (C=O) groups excluding carboxylic acids is 1. The minimum atomic E-state index is -0.156. The van der Waals surface area contributed by atoms with Gasteiger partial charge in [-0.05, 0) is 43.9 Å². The summed E-state index contributed by atoms with van der Waals surface area (Å²) in [7, 11) is 4.05. The zero-order valence-corrected chi connectivity index (χ0v) is 13.7. The van der Waals surface area contributed by atoms with Gasteiger partial charge in [-0.2, -0.15) is 5.10 Å². The molecule has 2 aromatic carbocycles. The summed E-state index contributed by atoms with van der Waals surface area (Å²) < 4.78 is 0. The Bertz CT molecular complexity index is 810. The lowest BCUT2D eigenvalue weighted by Crippen LogP contribution is -2.13. The van der Waals surface area contributed by atoms with Crippen LogP contribution < -0.4 is 5.32 Å². The highest BCUT2D eigenvalue weighted by atomic mass is 16.1. The minimum absolute atomic E-state index is 0.156. The molecule has 0 spiro atoms. The van der Waals surface area contributed by atoms with Crippen LogP contribution in [-0.2, 0) is 6.54 Å². The number of hydrogen-bond acceptors (Lipinski definition) is 4. The van der Waals surface area contributed by atoms with Crippen LogP contribution in [0.25, 0.3) is 11.4 Å². The molecule has 6 nitrogen and oxygen atoms in total. The van der Waals surface area contributed by atoms with Crippen molar-refractivity contribution in [3.63, 3.8) is 0 Å². The van der Waals surface area contributed by atoms with E-state index < -0.39 is 0 Å². The van der Waals surface area contributed by atoms with Crippen LogP contribution in [0.3, 0.4) is 0 Å². The molecule has 0 saturated carbocycles. The van der Waals surface area contributed by atoms with Crippen LogP contribution in [0.4, 0.5) is 5.69 Å². The Kier molecular flexibility index (Phi) is 4.67. The lowest BCUT2D eigenvalue weighted by molar-refractivity contribution is 0.102. The molecule has 122 valence electrons. The van der Waals surface area contributed by atoms with Crippen molar-refractivity contribution in [2.24, 2.45) is 0 Å². The van der Waals surface area contributed by atoms with Gasteiger partial charge in [-0.3, -0.25) is 9.89 Å². The van der Waals surface area contributed by atoms with Gasteiger partial charge in [0.05, 0.1) is 0 Å². The lowest BCUT2D eigenvalue weighted by Gasteiger charge is -2.11. The SMILES string of the molecule is CN(C)Cc1ccc(NC(=O)c2cccc(-c3ncn[nH]3)c2)cc1. The fraction of sp³-hybridized carbons (Fsp3) is 0.167. The summed E-state index contributed by atoms with van der Waals surface area (Å²) >= 11 is 0. The maximum Gasteiger partial charge on any atom is 0.255 e. The molecule has 2 N–H and O–H groups in total. The van der Waals surface area contributed by atoms with Gasteiger partial charge >= 0.3 is 0 Å². The predicted molar refractivity (Wildman–Crippen MR) is 93.6 cm³/mol. The van der Waals surface area contributed by atoms with E-state index in [0.29, 0.717) is 11.4 Å². The number of nitrogens with one attached hydrogen (secondary N) is 2. The summed E-state index contributed by atoms with van der Waals surface area (Å²) in [6, 6.07) is 15.1. The number of hydrogen-bond donors (Lipinski definition) is 2.